The van der Waals surface area contributed by atoms with E-state index >= 15 is 0 Å². The summed E-state index contributed by atoms with van der Waals surface area (Å²) in [6.07, 6.45) is 0.825. The van der Waals surface area contributed by atoms with Crippen LogP contribution in [0.15, 0.2) is 54.6 Å². The number of hydrazine groups is 1. The van der Waals surface area contributed by atoms with Gasteiger partial charge in [-0.25, -0.2) is 0 Å². The van der Waals surface area contributed by atoms with Gasteiger partial charge < -0.3 is 10.2 Å². The van der Waals surface area contributed by atoms with Gasteiger partial charge in [-0.05, 0) is 36.2 Å². The molecule has 1 amide bonds. The molecule has 3 N–H and O–H groups in total. The number of hydrogen-bond donors (Lipinski definition) is 3. The Kier molecular flexibility index (Phi) is 4.19. The van der Waals surface area contributed by atoms with Crippen LogP contribution < -0.4 is 21.1 Å². The van der Waals surface area contributed by atoms with Gasteiger partial charge in [0.25, 0.3) is 0 Å². The topological polar surface area (TPSA) is 56.4 Å². The number of anilines is 2. The SMILES string of the molecule is O=C1C(Nc2ccccc2)CCN1c1ccc(C2CNNC2)cc1. The summed E-state index contributed by atoms with van der Waals surface area (Å²) < 4.78 is 0. The Balaban J connectivity index is 1.44. The van der Waals surface area contributed by atoms with Crippen molar-refractivity contribution in [2.75, 3.05) is 29.9 Å². The maximum absolute atomic E-state index is 12.7. The van der Waals surface area contributed by atoms with Crippen molar-refractivity contribution in [3.05, 3.63) is 60.2 Å². The second-order valence-electron chi connectivity index (χ2n) is 6.39. The van der Waals surface area contributed by atoms with E-state index in [1.165, 1.54) is 5.56 Å². The average molecular weight is 322 g/mol. The standard InChI is InChI=1S/C19H22N4O/c24-19-18(22-16-4-2-1-3-5-16)10-11-23(19)17-8-6-14(7-9-17)15-12-20-21-13-15/h1-9,15,18,20-22H,10-13H2. The number of nitrogens with zero attached hydrogens (tertiary/aromatic N) is 1. The van der Waals surface area contributed by atoms with Crippen LogP contribution in [-0.2, 0) is 4.79 Å². The molecule has 4 rings (SSSR count). The fourth-order valence-electron chi connectivity index (χ4n) is 3.43. The highest BCUT2D eigenvalue weighted by Crippen LogP contribution is 2.26. The van der Waals surface area contributed by atoms with Crippen molar-refractivity contribution in [3.63, 3.8) is 0 Å². The Morgan fingerprint density at radius 2 is 1.67 bits per heavy atom. The summed E-state index contributed by atoms with van der Waals surface area (Å²) in [5.41, 5.74) is 9.60. The van der Waals surface area contributed by atoms with E-state index < -0.39 is 0 Å². The first-order valence-electron chi connectivity index (χ1n) is 8.50. The van der Waals surface area contributed by atoms with Gasteiger partial charge in [0.15, 0.2) is 0 Å². The Bertz CT molecular complexity index is 695. The second-order valence-corrected chi connectivity index (χ2v) is 6.39. The van der Waals surface area contributed by atoms with Crippen LogP contribution >= 0.6 is 0 Å². The quantitative estimate of drug-likeness (QED) is 0.807. The molecular weight excluding hydrogens is 300 g/mol. The van der Waals surface area contributed by atoms with Crippen LogP contribution in [0.1, 0.15) is 17.9 Å². The number of rotatable bonds is 4. The average Bonchev–Trinajstić information content (AvgIpc) is 3.27. The molecule has 2 heterocycles. The van der Waals surface area contributed by atoms with E-state index in [9.17, 15) is 4.79 Å². The molecule has 1 unspecified atom stereocenters. The minimum Gasteiger partial charge on any atom is -0.374 e. The molecule has 2 fully saturated rings. The van der Waals surface area contributed by atoms with E-state index in [1.54, 1.807) is 0 Å². The zero-order valence-electron chi connectivity index (χ0n) is 13.5. The third kappa shape index (κ3) is 3.00. The number of amides is 1. The van der Waals surface area contributed by atoms with E-state index in [0.29, 0.717) is 5.92 Å². The van der Waals surface area contributed by atoms with Crippen LogP contribution in [0.3, 0.4) is 0 Å². The maximum atomic E-state index is 12.7. The number of carbonyl (C=O) groups excluding carboxylic acids is 1. The summed E-state index contributed by atoms with van der Waals surface area (Å²) in [5.74, 6) is 0.650. The highest BCUT2D eigenvalue weighted by molar-refractivity contribution is 6.01. The summed E-state index contributed by atoms with van der Waals surface area (Å²) in [6, 6.07) is 18.2. The van der Waals surface area contributed by atoms with Crippen molar-refractivity contribution < 1.29 is 4.79 Å². The summed E-state index contributed by atoms with van der Waals surface area (Å²) in [4.78, 5) is 14.6. The molecule has 0 aliphatic carbocycles. The molecule has 1 atom stereocenters. The minimum atomic E-state index is -0.143. The first-order chi connectivity index (χ1) is 11.8. The molecule has 124 valence electrons. The van der Waals surface area contributed by atoms with Crippen LogP contribution in [0.4, 0.5) is 11.4 Å². The Morgan fingerprint density at radius 3 is 2.38 bits per heavy atom. The molecule has 2 aromatic rings. The fraction of sp³-hybridized carbons (Fsp3) is 0.316. The van der Waals surface area contributed by atoms with Gasteiger partial charge in [-0.15, -0.1) is 0 Å². The lowest BCUT2D eigenvalue weighted by atomic mass is 10.00. The first kappa shape index (κ1) is 15.2. The van der Waals surface area contributed by atoms with E-state index in [4.69, 9.17) is 0 Å². The van der Waals surface area contributed by atoms with E-state index in [0.717, 1.165) is 37.4 Å². The zero-order valence-corrected chi connectivity index (χ0v) is 13.5. The van der Waals surface area contributed by atoms with Crippen LogP contribution in [0.5, 0.6) is 0 Å². The lowest BCUT2D eigenvalue weighted by Gasteiger charge is -2.19. The molecule has 0 saturated carbocycles. The van der Waals surface area contributed by atoms with Crippen LogP contribution in [0, 0.1) is 0 Å². The number of benzene rings is 2. The predicted molar refractivity (Wildman–Crippen MR) is 96.0 cm³/mol. The molecule has 2 aromatic carbocycles. The molecule has 0 spiro atoms. The van der Waals surface area contributed by atoms with Crippen molar-refractivity contribution in [2.45, 2.75) is 18.4 Å². The van der Waals surface area contributed by atoms with Gasteiger partial charge in [-0.1, -0.05) is 30.3 Å². The highest BCUT2D eigenvalue weighted by atomic mass is 16.2. The third-order valence-corrected chi connectivity index (χ3v) is 4.82. The monoisotopic (exact) mass is 322 g/mol. The van der Waals surface area contributed by atoms with Gasteiger partial charge in [0.1, 0.15) is 6.04 Å². The van der Waals surface area contributed by atoms with Crippen molar-refractivity contribution in [1.29, 1.82) is 0 Å². The van der Waals surface area contributed by atoms with Gasteiger partial charge in [-0.3, -0.25) is 15.6 Å². The van der Waals surface area contributed by atoms with Crippen molar-refractivity contribution in [1.82, 2.24) is 10.9 Å². The van der Waals surface area contributed by atoms with Gasteiger partial charge >= 0.3 is 0 Å². The lowest BCUT2D eigenvalue weighted by Crippen LogP contribution is -2.33. The van der Waals surface area contributed by atoms with Gasteiger partial charge in [0, 0.05) is 36.9 Å². The van der Waals surface area contributed by atoms with E-state index in [1.807, 2.05) is 35.2 Å². The lowest BCUT2D eigenvalue weighted by molar-refractivity contribution is -0.117. The Labute approximate surface area is 142 Å². The summed E-state index contributed by atoms with van der Waals surface area (Å²) in [6.45, 7) is 2.66. The Hall–Kier alpha value is -2.37. The second kappa shape index (κ2) is 6.63. The molecule has 0 aromatic heterocycles. The normalized spacial score (nSPS) is 21.4. The maximum Gasteiger partial charge on any atom is 0.249 e. The largest absolute Gasteiger partial charge is 0.374 e. The molecule has 2 aliphatic rings. The zero-order chi connectivity index (χ0) is 16.4. The number of hydrogen-bond acceptors (Lipinski definition) is 4. The fourth-order valence-corrected chi connectivity index (χ4v) is 3.43. The van der Waals surface area contributed by atoms with Crippen LogP contribution in [0.2, 0.25) is 0 Å². The van der Waals surface area contributed by atoms with Crippen molar-refractivity contribution in [2.24, 2.45) is 0 Å². The van der Waals surface area contributed by atoms with Crippen molar-refractivity contribution >= 4 is 17.3 Å². The molecule has 24 heavy (non-hydrogen) atoms. The Morgan fingerprint density at radius 1 is 0.958 bits per heavy atom. The molecule has 5 nitrogen and oxygen atoms in total. The van der Waals surface area contributed by atoms with Gasteiger partial charge in [-0.2, -0.15) is 0 Å². The summed E-state index contributed by atoms with van der Waals surface area (Å²) >= 11 is 0. The summed E-state index contributed by atoms with van der Waals surface area (Å²) in [7, 11) is 0. The number of nitrogens with one attached hydrogen (secondary N) is 3. The molecule has 5 heteroatoms. The highest BCUT2D eigenvalue weighted by Gasteiger charge is 2.32. The molecule has 0 radical (unpaired) electrons. The summed E-state index contributed by atoms with van der Waals surface area (Å²) in [5, 5.41) is 3.34. The van der Waals surface area contributed by atoms with Crippen LogP contribution in [-0.4, -0.2) is 31.6 Å². The van der Waals surface area contributed by atoms with Crippen LogP contribution in [0.25, 0.3) is 0 Å². The van der Waals surface area contributed by atoms with Gasteiger partial charge in [0.2, 0.25) is 5.91 Å². The number of carbonyl (C=O) groups is 1. The van der Waals surface area contributed by atoms with Crippen molar-refractivity contribution in [3.8, 4) is 0 Å². The molecule has 0 bridgehead atoms. The molecule has 2 saturated heterocycles. The predicted octanol–water partition coefficient (Wildman–Crippen LogP) is 2.10. The van der Waals surface area contributed by atoms with E-state index in [-0.39, 0.29) is 11.9 Å². The van der Waals surface area contributed by atoms with Gasteiger partial charge in [0.05, 0.1) is 0 Å². The minimum absolute atomic E-state index is 0.143. The first-order valence-corrected chi connectivity index (χ1v) is 8.50. The third-order valence-electron chi connectivity index (χ3n) is 4.82. The number of para-hydroxylation sites is 1. The van der Waals surface area contributed by atoms with E-state index in [2.05, 4.69) is 40.4 Å². The smallest absolute Gasteiger partial charge is 0.249 e. The molecular formula is C19H22N4O. The molecule has 2 aliphatic heterocycles.